The number of nitriles is 1. The minimum absolute atomic E-state index is 0.000712. The molecule has 0 amide bonds. The highest BCUT2D eigenvalue weighted by Crippen LogP contribution is 2.39. The molecule has 0 spiro atoms. The van der Waals surface area contributed by atoms with Gasteiger partial charge in [-0.05, 0) is 49.8 Å². The highest BCUT2D eigenvalue weighted by Gasteiger charge is 2.42. The van der Waals surface area contributed by atoms with Gasteiger partial charge in [-0.25, -0.2) is 13.1 Å². The van der Waals surface area contributed by atoms with Gasteiger partial charge >= 0.3 is 0 Å². The summed E-state index contributed by atoms with van der Waals surface area (Å²) < 4.78 is 33.6. The Kier molecular flexibility index (Phi) is 3.74. The molecular formula is C15H18N2O3S. The van der Waals surface area contributed by atoms with Gasteiger partial charge in [-0.15, -0.1) is 0 Å². The minimum Gasteiger partial charge on any atom is -0.376 e. The Morgan fingerprint density at radius 3 is 2.76 bits per heavy atom. The number of benzene rings is 1. The summed E-state index contributed by atoms with van der Waals surface area (Å²) in [4.78, 5) is 0.183. The van der Waals surface area contributed by atoms with Crippen molar-refractivity contribution in [3.63, 3.8) is 0 Å². The number of rotatable bonds is 4. The summed E-state index contributed by atoms with van der Waals surface area (Å²) in [6, 6.07) is 6.54. The van der Waals surface area contributed by atoms with Gasteiger partial charge in [-0.1, -0.05) is 6.07 Å². The zero-order valence-corrected chi connectivity index (χ0v) is 12.7. The van der Waals surface area contributed by atoms with E-state index in [-0.39, 0.29) is 17.0 Å². The lowest BCUT2D eigenvalue weighted by Gasteiger charge is -2.20. The van der Waals surface area contributed by atoms with Crippen LogP contribution in [0.2, 0.25) is 0 Å². The molecule has 1 aliphatic heterocycles. The molecule has 3 rings (SSSR count). The first kappa shape index (κ1) is 14.5. The van der Waals surface area contributed by atoms with Crippen molar-refractivity contribution in [2.75, 3.05) is 6.61 Å². The molecule has 6 heteroatoms. The molecule has 0 aromatic heterocycles. The van der Waals surface area contributed by atoms with Gasteiger partial charge < -0.3 is 4.74 Å². The zero-order valence-electron chi connectivity index (χ0n) is 11.9. The third-order valence-corrected chi connectivity index (χ3v) is 5.77. The predicted octanol–water partition coefficient (Wildman–Crippen LogP) is 1.71. The normalized spacial score (nSPS) is 25.7. The van der Waals surface area contributed by atoms with E-state index in [1.54, 1.807) is 19.1 Å². The van der Waals surface area contributed by atoms with Crippen LogP contribution in [-0.2, 0) is 14.8 Å². The maximum atomic E-state index is 12.6. The molecule has 1 saturated heterocycles. The van der Waals surface area contributed by atoms with Crippen molar-refractivity contribution in [3.8, 4) is 6.07 Å². The number of hydrogen-bond acceptors (Lipinski definition) is 4. The van der Waals surface area contributed by atoms with Crippen LogP contribution in [0.4, 0.5) is 0 Å². The van der Waals surface area contributed by atoms with Crippen molar-refractivity contribution in [1.29, 1.82) is 5.26 Å². The number of ether oxygens (including phenoxy) is 1. The van der Waals surface area contributed by atoms with Gasteiger partial charge in [-0.2, -0.15) is 5.26 Å². The molecule has 2 fully saturated rings. The van der Waals surface area contributed by atoms with Crippen LogP contribution in [0.3, 0.4) is 0 Å². The predicted molar refractivity (Wildman–Crippen MR) is 77.1 cm³/mol. The van der Waals surface area contributed by atoms with Gasteiger partial charge in [-0.3, -0.25) is 0 Å². The van der Waals surface area contributed by atoms with E-state index in [2.05, 4.69) is 4.72 Å². The minimum atomic E-state index is -3.63. The smallest absolute Gasteiger partial charge is 0.241 e. The molecule has 2 aliphatic rings. The van der Waals surface area contributed by atoms with Crippen LogP contribution < -0.4 is 4.72 Å². The van der Waals surface area contributed by atoms with Crippen molar-refractivity contribution in [1.82, 2.24) is 4.72 Å². The van der Waals surface area contributed by atoms with Crippen LogP contribution in [-0.4, -0.2) is 27.2 Å². The fourth-order valence-electron chi connectivity index (χ4n) is 2.85. The highest BCUT2D eigenvalue weighted by molar-refractivity contribution is 7.89. The largest absolute Gasteiger partial charge is 0.376 e. The second kappa shape index (κ2) is 5.41. The summed E-state index contributed by atoms with van der Waals surface area (Å²) in [5, 5.41) is 8.94. The molecule has 0 bridgehead atoms. The molecule has 5 nitrogen and oxygen atoms in total. The molecule has 1 aromatic carbocycles. The lowest BCUT2D eigenvalue weighted by atomic mass is 10.1. The topological polar surface area (TPSA) is 79.2 Å². The maximum Gasteiger partial charge on any atom is 0.241 e. The van der Waals surface area contributed by atoms with Crippen molar-refractivity contribution in [2.24, 2.45) is 5.92 Å². The van der Waals surface area contributed by atoms with E-state index in [0.29, 0.717) is 30.1 Å². The van der Waals surface area contributed by atoms with E-state index in [1.165, 1.54) is 6.07 Å². The second-order valence-electron chi connectivity index (χ2n) is 5.78. The average molecular weight is 306 g/mol. The van der Waals surface area contributed by atoms with Gasteiger partial charge in [0, 0.05) is 6.61 Å². The zero-order chi connectivity index (χ0) is 15.0. The fraction of sp³-hybridized carbons (Fsp3) is 0.533. The number of sulfonamides is 1. The number of aryl methyl sites for hydroxylation is 1. The Hall–Kier alpha value is -1.42. The van der Waals surface area contributed by atoms with Gasteiger partial charge in [0.2, 0.25) is 10.0 Å². The molecule has 2 unspecified atom stereocenters. The quantitative estimate of drug-likeness (QED) is 0.918. The van der Waals surface area contributed by atoms with Crippen molar-refractivity contribution < 1.29 is 13.2 Å². The first-order valence-corrected chi connectivity index (χ1v) is 8.64. The Bertz CT molecular complexity index is 689. The van der Waals surface area contributed by atoms with Crippen molar-refractivity contribution in [3.05, 3.63) is 29.3 Å². The van der Waals surface area contributed by atoms with E-state index >= 15 is 0 Å². The fourth-order valence-corrected chi connectivity index (χ4v) is 4.40. The molecule has 2 atom stereocenters. The molecule has 0 radical (unpaired) electrons. The third kappa shape index (κ3) is 2.95. The monoisotopic (exact) mass is 306 g/mol. The molecule has 1 aliphatic carbocycles. The lowest BCUT2D eigenvalue weighted by molar-refractivity contribution is 0.0848. The van der Waals surface area contributed by atoms with Crippen LogP contribution in [0.25, 0.3) is 0 Å². The summed E-state index contributed by atoms with van der Waals surface area (Å²) in [6.45, 7) is 2.34. The summed E-state index contributed by atoms with van der Waals surface area (Å²) in [5.41, 5.74) is 0.991. The van der Waals surface area contributed by atoms with E-state index in [1.807, 2.05) is 6.07 Å². The molecular weight excluding hydrogens is 288 g/mol. The average Bonchev–Trinajstić information content (AvgIpc) is 3.20. The molecule has 1 aromatic rings. The summed E-state index contributed by atoms with van der Waals surface area (Å²) in [6.07, 6.45) is 2.94. The van der Waals surface area contributed by atoms with Crippen LogP contribution >= 0.6 is 0 Å². The first-order valence-electron chi connectivity index (χ1n) is 7.16. The van der Waals surface area contributed by atoms with E-state index in [4.69, 9.17) is 10.00 Å². The Labute approximate surface area is 125 Å². The van der Waals surface area contributed by atoms with Gasteiger partial charge in [0.05, 0.1) is 28.7 Å². The third-order valence-electron chi connectivity index (χ3n) is 4.14. The lowest BCUT2D eigenvalue weighted by Crippen LogP contribution is -2.41. The van der Waals surface area contributed by atoms with Crippen molar-refractivity contribution >= 4 is 10.0 Å². The molecule has 1 heterocycles. The van der Waals surface area contributed by atoms with E-state index in [9.17, 15) is 8.42 Å². The summed E-state index contributed by atoms with van der Waals surface area (Å²) in [7, 11) is -3.63. The standard InChI is InChI=1S/C15H18N2O3S/c1-10-2-3-11(9-16)8-14(10)21(18,19)17-13-6-7-20-15(13)12-4-5-12/h2-3,8,12-13,15,17H,4-7H2,1H3. The summed E-state index contributed by atoms with van der Waals surface area (Å²) >= 11 is 0. The number of nitrogens with zero attached hydrogens (tertiary/aromatic N) is 1. The molecule has 1 N–H and O–H groups in total. The highest BCUT2D eigenvalue weighted by atomic mass is 32.2. The number of hydrogen-bond donors (Lipinski definition) is 1. The molecule has 21 heavy (non-hydrogen) atoms. The second-order valence-corrected chi connectivity index (χ2v) is 7.46. The maximum absolute atomic E-state index is 12.6. The van der Waals surface area contributed by atoms with Gasteiger partial charge in [0.1, 0.15) is 0 Å². The van der Waals surface area contributed by atoms with E-state index in [0.717, 1.165) is 12.8 Å². The summed E-state index contributed by atoms with van der Waals surface area (Å²) in [5.74, 6) is 0.492. The van der Waals surface area contributed by atoms with Crippen LogP contribution in [0.15, 0.2) is 23.1 Å². The van der Waals surface area contributed by atoms with E-state index < -0.39 is 10.0 Å². The van der Waals surface area contributed by atoms with Crippen LogP contribution in [0, 0.1) is 24.2 Å². The number of nitrogens with one attached hydrogen (secondary N) is 1. The van der Waals surface area contributed by atoms with Gasteiger partial charge in [0.15, 0.2) is 0 Å². The van der Waals surface area contributed by atoms with Crippen LogP contribution in [0.5, 0.6) is 0 Å². The van der Waals surface area contributed by atoms with Crippen molar-refractivity contribution in [2.45, 2.75) is 43.2 Å². The molecule has 1 saturated carbocycles. The van der Waals surface area contributed by atoms with Crippen LogP contribution in [0.1, 0.15) is 30.4 Å². The Morgan fingerprint density at radius 2 is 2.10 bits per heavy atom. The SMILES string of the molecule is Cc1ccc(C#N)cc1S(=O)(=O)NC1CCOC1C1CC1. The molecule has 112 valence electrons. The Balaban J connectivity index is 1.85. The van der Waals surface area contributed by atoms with Gasteiger partial charge in [0.25, 0.3) is 0 Å². The first-order chi connectivity index (χ1) is 10.0. The Morgan fingerprint density at radius 1 is 1.33 bits per heavy atom.